The van der Waals surface area contributed by atoms with Gasteiger partial charge in [-0.25, -0.2) is 0 Å². The van der Waals surface area contributed by atoms with Crippen molar-refractivity contribution in [1.82, 2.24) is 0 Å². The molecule has 0 atom stereocenters. The van der Waals surface area contributed by atoms with Crippen LogP contribution in [0.15, 0.2) is 24.3 Å². The SMILES string of the molecule is CCc1cccc(OC(=O)CCCC(=O)OCCCC(C)C)c1. The number of hydrogen-bond donors (Lipinski definition) is 0. The van der Waals surface area contributed by atoms with Gasteiger partial charge < -0.3 is 9.47 Å². The van der Waals surface area contributed by atoms with Crippen LogP contribution in [0.4, 0.5) is 0 Å². The summed E-state index contributed by atoms with van der Waals surface area (Å²) >= 11 is 0. The molecule has 128 valence electrons. The van der Waals surface area contributed by atoms with Crippen LogP contribution >= 0.6 is 0 Å². The summed E-state index contributed by atoms with van der Waals surface area (Å²) in [5.41, 5.74) is 1.13. The lowest BCUT2D eigenvalue weighted by Crippen LogP contribution is -2.11. The Kier molecular flexibility index (Phi) is 9.03. The smallest absolute Gasteiger partial charge is 0.311 e. The van der Waals surface area contributed by atoms with Crippen LogP contribution in [-0.2, 0) is 20.7 Å². The van der Waals surface area contributed by atoms with Crippen LogP contribution in [0.25, 0.3) is 0 Å². The van der Waals surface area contributed by atoms with Crippen molar-refractivity contribution in [2.75, 3.05) is 6.61 Å². The molecule has 23 heavy (non-hydrogen) atoms. The Morgan fingerprint density at radius 2 is 1.83 bits per heavy atom. The van der Waals surface area contributed by atoms with Gasteiger partial charge in [-0.2, -0.15) is 0 Å². The lowest BCUT2D eigenvalue weighted by Gasteiger charge is -2.07. The van der Waals surface area contributed by atoms with Gasteiger partial charge in [0.25, 0.3) is 0 Å². The average molecular weight is 320 g/mol. The second kappa shape index (κ2) is 10.8. The van der Waals surface area contributed by atoms with Gasteiger partial charge in [-0.05, 0) is 49.3 Å². The molecule has 0 fully saturated rings. The zero-order valence-electron chi connectivity index (χ0n) is 14.5. The monoisotopic (exact) mass is 320 g/mol. The summed E-state index contributed by atoms with van der Waals surface area (Å²) in [4.78, 5) is 23.3. The largest absolute Gasteiger partial charge is 0.466 e. The van der Waals surface area contributed by atoms with Crippen molar-refractivity contribution in [1.29, 1.82) is 0 Å². The Morgan fingerprint density at radius 3 is 2.52 bits per heavy atom. The third-order valence-electron chi connectivity index (χ3n) is 3.49. The van der Waals surface area contributed by atoms with Crippen molar-refractivity contribution in [3.8, 4) is 5.75 Å². The molecule has 0 bridgehead atoms. The molecule has 0 N–H and O–H groups in total. The Hall–Kier alpha value is -1.84. The van der Waals surface area contributed by atoms with Crippen LogP contribution < -0.4 is 4.74 Å². The molecule has 4 nitrogen and oxygen atoms in total. The molecular formula is C19H28O4. The molecule has 0 saturated heterocycles. The average Bonchev–Trinajstić information content (AvgIpc) is 2.51. The van der Waals surface area contributed by atoms with Crippen LogP contribution in [-0.4, -0.2) is 18.5 Å². The second-order valence-electron chi connectivity index (χ2n) is 6.09. The number of hydrogen-bond acceptors (Lipinski definition) is 4. The van der Waals surface area contributed by atoms with Crippen LogP contribution in [0.3, 0.4) is 0 Å². The Bertz CT molecular complexity index is 494. The summed E-state index contributed by atoms with van der Waals surface area (Å²) in [6, 6.07) is 7.49. The highest BCUT2D eigenvalue weighted by molar-refractivity contribution is 5.74. The summed E-state index contributed by atoms with van der Waals surface area (Å²) in [7, 11) is 0. The zero-order chi connectivity index (χ0) is 17.1. The van der Waals surface area contributed by atoms with Crippen molar-refractivity contribution in [3.63, 3.8) is 0 Å². The van der Waals surface area contributed by atoms with E-state index >= 15 is 0 Å². The van der Waals surface area contributed by atoms with E-state index in [1.165, 1.54) is 0 Å². The minimum Gasteiger partial charge on any atom is -0.466 e. The van der Waals surface area contributed by atoms with Gasteiger partial charge in [-0.15, -0.1) is 0 Å². The number of rotatable bonds is 10. The standard InChI is InChI=1S/C19H28O4/c1-4-16-9-5-10-17(14-16)23-19(21)12-6-11-18(20)22-13-7-8-15(2)3/h5,9-10,14-15H,4,6-8,11-13H2,1-3H3. The lowest BCUT2D eigenvalue weighted by atomic mass is 10.1. The van der Waals surface area contributed by atoms with E-state index < -0.39 is 0 Å². The van der Waals surface area contributed by atoms with E-state index in [2.05, 4.69) is 13.8 Å². The normalized spacial score (nSPS) is 10.6. The molecule has 0 spiro atoms. The first-order chi connectivity index (χ1) is 11.0. The molecule has 0 heterocycles. The van der Waals surface area contributed by atoms with Gasteiger partial charge in [-0.3, -0.25) is 9.59 Å². The summed E-state index contributed by atoms with van der Waals surface area (Å²) in [5.74, 6) is 0.626. The molecule has 0 radical (unpaired) electrons. The van der Waals surface area contributed by atoms with Gasteiger partial charge in [0.1, 0.15) is 5.75 Å². The summed E-state index contributed by atoms with van der Waals surface area (Å²) in [6.07, 6.45) is 3.77. The Labute approximate surface area is 139 Å². The van der Waals surface area contributed by atoms with Crippen LogP contribution in [0.1, 0.15) is 58.4 Å². The first-order valence-electron chi connectivity index (χ1n) is 8.46. The van der Waals surface area contributed by atoms with Crippen LogP contribution in [0.5, 0.6) is 5.75 Å². The molecule has 1 aromatic carbocycles. The van der Waals surface area contributed by atoms with Gasteiger partial charge in [0.15, 0.2) is 0 Å². The fourth-order valence-electron chi connectivity index (χ4n) is 2.14. The maximum atomic E-state index is 11.8. The summed E-state index contributed by atoms with van der Waals surface area (Å²) in [6.45, 7) is 6.80. The molecule has 4 heteroatoms. The third-order valence-corrected chi connectivity index (χ3v) is 3.49. The maximum Gasteiger partial charge on any atom is 0.311 e. The fourth-order valence-corrected chi connectivity index (χ4v) is 2.14. The molecule has 0 unspecified atom stereocenters. The number of carbonyl (C=O) groups excluding carboxylic acids is 2. The molecule has 1 aromatic rings. The van der Waals surface area contributed by atoms with Gasteiger partial charge in [-0.1, -0.05) is 32.9 Å². The lowest BCUT2D eigenvalue weighted by molar-refractivity contribution is -0.144. The highest BCUT2D eigenvalue weighted by atomic mass is 16.5. The minimum absolute atomic E-state index is 0.220. The van der Waals surface area contributed by atoms with E-state index in [1.807, 2.05) is 25.1 Å². The number of carbonyl (C=O) groups is 2. The fraction of sp³-hybridized carbons (Fsp3) is 0.579. The molecule has 0 saturated carbocycles. The molecule has 0 aliphatic heterocycles. The quantitative estimate of drug-likeness (QED) is 0.366. The molecule has 0 aliphatic carbocycles. The first-order valence-corrected chi connectivity index (χ1v) is 8.46. The molecular weight excluding hydrogens is 292 g/mol. The molecule has 0 amide bonds. The predicted molar refractivity (Wildman–Crippen MR) is 90.3 cm³/mol. The first kappa shape index (κ1) is 19.2. The second-order valence-corrected chi connectivity index (χ2v) is 6.09. The molecule has 0 aromatic heterocycles. The third kappa shape index (κ3) is 9.01. The van der Waals surface area contributed by atoms with Gasteiger partial charge in [0.05, 0.1) is 6.61 Å². The van der Waals surface area contributed by atoms with Crippen LogP contribution in [0.2, 0.25) is 0 Å². The number of esters is 2. The number of ether oxygens (including phenoxy) is 2. The van der Waals surface area contributed by atoms with Crippen LogP contribution in [0, 0.1) is 5.92 Å². The highest BCUT2D eigenvalue weighted by Gasteiger charge is 2.08. The van der Waals surface area contributed by atoms with E-state index in [1.54, 1.807) is 6.07 Å². The predicted octanol–water partition coefficient (Wildman–Crippen LogP) is 4.30. The minimum atomic E-state index is -0.314. The van der Waals surface area contributed by atoms with Gasteiger partial charge >= 0.3 is 11.9 Å². The van der Waals surface area contributed by atoms with E-state index in [4.69, 9.17) is 9.47 Å². The Morgan fingerprint density at radius 1 is 1.09 bits per heavy atom. The van der Waals surface area contributed by atoms with Crippen molar-refractivity contribution >= 4 is 11.9 Å². The topological polar surface area (TPSA) is 52.6 Å². The molecule has 1 rings (SSSR count). The van der Waals surface area contributed by atoms with E-state index in [0.29, 0.717) is 24.7 Å². The highest BCUT2D eigenvalue weighted by Crippen LogP contribution is 2.15. The van der Waals surface area contributed by atoms with Crippen molar-refractivity contribution in [2.45, 2.75) is 59.3 Å². The number of benzene rings is 1. The Balaban J connectivity index is 2.17. The number of aryl methyl sites for hydroxylation is 1. The summed E-state index contributed by atoms with van der Waals surface area (Å²) in [5, 5.41) is 0. The van der Waals surface area contributed by atoms with Crippen molar-refractivity contribution < 1.29 is 19.1 Å². The molecule has 0 aliphatic rings. The zero-order valence-corrected chi connectivity index (χ0v) is 14.5. The van der Waals surface area contributed by atoms with Crippen molar-refractivity contribution in [3.05, 3.63) is 29.8 Å². The van der Waals surface area contributed by atoms with E-state index in [9.17, 15) is 9.59 Å². The van der Waals surface area contributed by atoms with Gasteiger partial charge in [0.2, 0.25) is 0 Å². The summed E-state index contributed by atoms with van der Waals surface area (Å²) < 4.78 is 10.4. The van der Waals surface area contributed by atoms with E-state index in [0.717, 1.165) is 24.8 Å². The van der Waals surface area contributed by atoms with E-state index in [-0.39, 0.29) is 24.8 Å². The van der Waals surface area contributed by atoms with Gasteiger partial charge in [0, 0.05) is 12.8 Å². The maximum absolute atomic E-state index is 11.8. The van der Waals surface area contributed by atoms with Crippen molar-refractivity contribution in [2.24, 2.45) is 5.92 Å².